The highest BCUT2D eigenvalue weighted by Gasteiger charge is 2.17. The molecule has 0 spiro atoms. The SMILES string of the molecule is NNC(=O)c1cc2ccncc2c2sc3ccccc3c12. The third-order valence-electron chi connectivity index (χ3n) is 3.64. The fourth-order valence-electron chi connectivity index (χ4n) is 2.71. The molecule has 0 bridgehead atoms. The van der Waals surface area contributed by atoms with Crippen LogP contribution in [-0.2, 0) is 0 Å². The number of nitrogens with one attached hydrogen (secondary N) is 1. The van der Waals surface area contributed by atoms with E-state index in [1.54, 1.807) is 17.5 Å². The molecule has 0 fully saturated rings. The van der Waals surface area contributed by atoms with Crippen molar-refractivity contribution in [2.75, 3.05) is 0 Å². The van der Waals surface area contributed by atoms with E-state index in [0.717, 1.165) is 30.9 Å². The predicted octanol–water partition coefficient (Wildman–Crippen LogP) is 3.21. The topological polar surface area (TPSA) is 68.0 Å². The van der Waals surface area contributed by atoms with Crippen molar-refractivity contribution in [3.05, 3.63) is 54.4 Å². The number of benzene rings is 2. The van der Waals surface area contributed by atoms with Gasteiger partial charge in [-0.15, -0.1) is 11.3 Å². The van der Waals surface area contributed by atoms with E-state index in [4.69, 9.17) is 5.84 Å². The summed E-state index contributed by atoms with van der Waals surface area (Å²) in [5.74, 6) is 5.07. The van der Waals surface area contributed by atoms with Gasteiger partial charge in [0.1, 0.15) is 0 Å². The largest absolute Gasteiger partial charge is 0.290 e. The van der Waals surface area contributed by atoms with Crippen LogP contribution in [0.15, 0.2) is 48.8 Å². The molecule has 102 valence electrons. The highest BCUT2D eigenvalue weighted by atomic mass is 32.1. The van der Waals surface area contributed by atoms with Gasteiger partial charge in [0.2, 0.25) is 0 Å². The summed E-state index contributed by atoms with van der Waals surface area (Å²) in [5, 5.41) is 4.06. The number of pyridine rings is 1. The number of aromatic nitrogens is 1. The number of hydrogen-bond acceptors (Lipinski definition) is 4. The highest BCUT2D eigenvalue weighted by Crippen LogP contribution is 2.40. The lowest BCUT2D eigenvalue weighted by atomic mass is 10.0. The number of carbonyl (C=O) groups excluding carboxylic acids is 1. The van der Waals surface area contributed by atoms with Crippen molar-refractivity contribution in [3.8, 4) is 0 Å². The van der Waals surface area contributed by atoms with Crippen molar-refractivity contribution in [3.63, 3.8) is 0 Å². The van der Waals surface area contributed by atoms with Crippen LogP contribution in [0.4, 0.5) is 0 Å². The summed E-state index contributed by atoms with van der Waals surface area (Å²) >= 11 is 1.67. The quantitative estimate of drug-likeness (QED) is 0.322. The Morgan fingerprint density at radius 3 is 2.90 bits per heavy atom. The van der Waals surface area contributed by atoms with E-state index < -0.39 is 0 Å². The molecule has 0 saturated heterocycles. The number of carbonyl (C=O) groups is 1. The van der Waals surface area contributed by atoms with Crippen LogP contribution in [0.2, 0.25) is 0 Å². The van der Waals surface area contributed by atoms with Crippen molar-refractivity contribution in [2.24, 2.45) is 5.84 Å². The molecule has 0 aliphatic heterocycles. The van der Waals surface area contributed by atoms with Gasteiger partial charge in [0, 0.05) is 38.0 Å². The Balaban J connectivity index is 2.30. The van der Waals surface area contributed by atoms with Crippen LogP contribution in [-0.4, -0.2) is 10.9 Å². The maximum Gasteiger partial charge on any atom is 0.265 e. The second-order valence-electron chi connectivity index (χ2n) is 4.80. The van der Waals surface area contributed by atoms with Gasteiger partial charge in [-0.25, -0.2) is 5.84 Å². The maximum absolute atomic E-state index is 12.2. The second-order valence-corrected chi connectivity index (χ2v) is 5.85. The van der Waals surface area contributed by atoms with Crippen LogP contribution in [0.5, 0.6) is 0 Å². The Morgan fingerprint density at radius 2 is 2.05 bits per heavy atom. The van der Waals surface area contributed by atoms with E-state index in [1.165, 1.54) is 0 Å². The van der Waals surface area contributed by atoms with Crippen molar-refractivity contribution < 1.29 is 4.79 Å². The number of fused-ring (bicyclic) bond motifs is 5. The molecule has 0 aliphatic carbocycles. The fraction of sp³-hybridized carbons (Fsp3) is 0. The average Bonchev–Trinajstić information content (AvgIpc) is 2.93. The number of hydrogen-bond donors (Lipinski definition) is 2. The molecule has 0 radical (unpaired) electrons. The van der Waals surface area contributed by atoms with Gasteiger partial charge in [0.05, 0.1) is 5.56 Å². The molecule has 0 unspecified atom stereocenters. The molecular weight excluding hydrogens is 282 g/mol. The minimum Gasteiger partial charge on any atom is -0.290 e. The Kier molecular flexibility index (Phi) is 2.63. The molecule has 0 aliphatic rings. The first kappa shape index (κ1) is 12.3. The number of hydrazine groups is 1. The molecule has 2 aromatic carbocycles. The lowest BCUT2D eigenvalue weighted by Gasteiger charge is -2.06. The Bertz CT molecular complexity index is 1010. The first-order valence-electron chi connectivity index (χ1n) is 6.48. The van der Waals surface area contributed by atoms with Crippen molar-refractivity contribution in [1.29, 1.82) is 0 Å². The maximum atomic E-state index is 12.2. The minimum atomic E-state index is -0.276. The molecule has 4 nitrogen and oxygen atoms in total. The van der Waals surface area contributed by atoms with E-state index >= 15 is 0 Å². The highest BCUT2D eigenvalue weighted by molar-refractivity contribution is 7.26. The van der Waals surface area contributed by atoms with Crippen LogP contribution in [0.1, 0.15) is 10.4 Å². The van der Waals surface area contributed by atoms with Gasteiger partial charge in [-0.2, -0.15) is 0 Å². The zero-order chi connectivity index (χ0) is 14.4. The summed E-state index contributed by atoms with van der Waals surface area (Å²) in [6.07, 6.45) is 3.57. The third-order valence-corrected chi connectivity index (χ3v) is 4.84. The van der Waals surface area contributed by atoms with Crippen LogP contribution in [0, 0.1) is 0 Å². The lowest BCUT2D eigenvalue weighted by Crippen LogP contribution is -2.30. The molecule has 0 atom stereocenters. The fourth-order valence-corrected chi connectivity index (χ4v) is 3.96. The molecular formula is C16H11N3OS. The molecule has 0 saturated carbocycles. The lowest BCUT2D eigenvalue weighted by molar-refractivity contribution is 0.0955. The predicted molar refractivity (Wildman–Crippen MR) is 86.3 cm³/mol. The normalized spacial score (nSPS) is 11.3. The van der Waals surface area contributed by atoms with Crippen molar-refractivity contribution in [2.45, 2.75) is 0 Å². The van der Waals surface area contributed by atoms with E-state index in [-0.39, 0.29) is 5.91 Å². The Hall–Kier alpha value is -2.50. The van der Waals surface area contributed by atoms with Crippen LogP contribution in [0.3, 0.4) is 0 Å². The van der Waals surface area contributed by atoms with Gasteiger partial charge < -0.3 is 0 Å². The Morgan fingerprint density at radius 1 is 1.19 bits per heavy atom. The average molecular weight is 293 g/mol. The number of nitrogen functional groups attached to an aromatic ring is 1. The summed E-state index contributed by atoms with van der Waals surface area (Å²) in [5.41, 5.74) is 2.84. The second kappa shape index (κ2) is 4.51. The molecule has 5 heteroatoms. The molecule has 2 aromatic heterocycles. The summed E-state index contributed by atoms with van der Waals surface area (Å²) in [7, 11) is 0. The van der Waals surface area contributed by atoms with E-state index in [1.807, 2.05) is 36.5 Å². The molecule has 4 aromatic rings. The standard InChI is InChI=1S/C16H11N3OS/c17-19-16(20)11-7-9-5-6-18-8-12(9)15-14(11)10-3-1-2-4-13(10)21-15/h1-8H,17H2,(H,19,20). The van der Waals surface area contributed by atoms with Gasteiger partial charge in [-0.3, -0.25) is 15.2 Å². The summed E-state index contributed by atoms with van der Waals surface area (Å²) in [4.78, 5) is 16.4. The van der Waals surface area contributed by atoms with Gasteiger partial charge in [0.25, 0.3) is 5.91 Å². The zero-order valence-corrected chi connectivity index (χ0v) is 11.8. The molecule has 2 heterocycles. The summed E-state index contributed by atoms with van der Waals surface area (Å²) in [6, 6.07) is 11.9. The minimum absolute atomic E-state index is 0.276. The van der Waals surface area contributed by atoms with E-state index in [9.17, 15) is 4.79 Å². The van der Waals surface area contributed by atoms with Crippen molar-refractivity contribution >= 4 is 48.2 Å². The molecule has 21 heavy (non-hydrogen) atoms. The van der Waals surface area contributed by atoms with Crippen LogP contribution < -0.4 is 11.3 Å². The number of rotatable bonds is 1. The number of amides is 1. The first-order valence-corrected chi connectivity index (χ1v) is 7.30. The smallest absolute Gasteiger partial charge is 0.265 e. The molecule has 1 amide bonds. The first-order chi connectivity index (χ1) is 10.3. The third kappa shape index (κ3) is 1.72. The summed E-state index contributed by atoms with van der Waals surface area (Å²) in [6.45, 7) is 0. The van der Waals surface area contributed by atoms with Crippen LogP contribution >= 0.6 is 11.3 Å². The summed E-state index contributed by atoms with van der Waals surface area (Å²) < 4.78 is 2.22. The molecule has 4 rings (SSSR count). The van der Waals surface area contributed by atoms with Crippen LogP contribution in [0.25, 0.3) is 30.9 Å². The van der Waals surface area contributed by atoms with Gasteiger partial charge in [0.15, 0.2) is 0 Å². The van der Waals surface area contributed by atoms with E-state index in [2.05, 4.69) is 16.5 Å². The zero-order valence-electron chi connectivity index (χ0n) is 11.0. The number of thiophene rings is 1. The van der Waals surface area contributed by atoms with E-state index in [0.29, 0.717) is 5.56 Å². The van der Waals surface area contributed by atoms with Crippen molar-refractivity contribution in [1.82, 2.24) is 10.4 Å². The number of nitrogens with two attached hydrogens (primary N) is 1. The molecule has 3 N–H and O–H groups in total. The monoisotopic (exact) mass is 293 g/mol. The van der Waals surface area contributed by atoms with Gasteiger partial charge in [-0.05, 0) is 23.6 Å². The Labute approximate surface area is 124 Å². The number of nitrogens with zero attached hydrogens (tertiary/aromatic N) is 1. The van der Waals surface area contributed by atoms with Gasteiger partial charge in [-0.1, -0.05) is 18.2 Å². The van der Waals surface area contributed by atoms with Gasteiger partial charge >= 0.3 is 0 Å².